The molecule has 6 heteroatoms. The molecule has 0 fully saturated rings. The average Bonchev–Trinajstić information content (AvgIpc) is 2.59. The average molecular weight is 305 g/mol. The molecule has 0 radical (unpaired) electrons. The van der Waals surface area contributed by atoms with Crippen LogP contribution < -0.4 is 0 Å². The number of ether oxygens (including phenoxy) is 3. The number of rotatable bonds is 5. The molecule has 0 saturated heterocycles. The van der Waals surface area contributed by atoms with Crippen molar-refractivity contribution in [2.75, 3.05) is 20.3 Å². The monoisotopic (exact) mass is 305 g/mol. The second-order valence-corrected chi connectivity index (χ2v) is 4.82. The van der Waals surface area contributed by atoms with Crippen molar-refractivity contribution < 1.29 is 23.8 Å². The predicted octanol–water partition coefficient (Wildman–Crippen LogP) is 1.46. The third-order valence-corrected chi connectivity index (χ3v) is 3.33. The number of hydrogen-bond acceptors (Lipinski definition) is 5. The van der Waals surface area contributed by atoms with Crippen molar-refractivity contribution in [3.8, 4) is 0 Å². The summed E-state index contributed by atoms with van der Waals surface area (Å²) >= 11 is 0. The Balaban J connectivity index is 2.22. The van der Waals surface area contributed by atoms with Crippen molar-refractivity contribution in [3.63, 3.8) is 0 Å². The fourth-order valence-electron chi connectivity index (χ4n) is 2.08. The molecule has 0 spiro atoms. The van der Waals surface area contributed by atoms with Gasteiger partial charge in [-0.25, -0.2) is 4.79 Å². The van der Waals surface area contributed by atoms with E-state index in [-0.39, 0.29) is 12.3 Å². The van der Waals surface area contributed by atoms with Gasteiger partial charge in [-0.05, 0) is 12.5 Å². The third kappa shape index (κ3) is 3.78. The zero-order valence-electron chi connectivity index (χ0n) is 12.7. The minimum absolute atomic E-state index is 0.0953. The molecule has 1 aliphatic heterocycles. The standard InChI is InChI=1S/C16H19NO5/c1-12(16(19)20-2)17(10-13-6-4-3-5-7-13)15(18)14-11-21-8-9-22-14/h3-7,11-12H,8-10H2,1-2H3. The van der Waals surface area contributed by atoms with Crippen LogP contribution >= 0.6 is 0 Å². The summed E-state index contributed by atoms with van der Waals surface area (Å²) < 4.78 is 15.2. The zero-order valence-corrected chi connectivity index (χ0v) is 12.7. The first-order valence-electron chi connectivity index (χ1n) is 7.00. The molecule has 1 aromatic rings. The molecule has 22 heavy (non-hydrogen) atoms. The number of benzene rings is 1. The minimum atomic E-state index is -0.732. The summed E-state index contributed by atoms with van der Waals surface area (Å²) in [5, 5.41) is 0. The van der Waals surface area contributed by atoms with Crippen LogP contribution in [-0.4, -0.2) is 43.1 Å². The van der Waals surface area contributed by atoms with E-state index in [0.29, 0.717) is 13.2 Å². The van der Waals surface area contributed by atoms with E-state index in [9.17, 15) is 9.59 Å². The Kier molecular flexibility index (Phi) is 5.41. The lowest BCUT2D eigenvalue weighted by molar-refractivity contribution is -0.152. The summed E-state index contributed by atoms with van der Waals surface area (Å²) in [6.45, 7) is 2.61. The van der Waals surface area contributed by atoms with Crippen molar-refractivity contribution in [2.45, 2.75) is 19.5 Å². The van der Waals surface area contributed by atoms with Gasteiger partial charge >= 0.3 is 5.97 Å². The van der Waals surface area contributed by atoms with Crippen LogP contribution in [0.3, 0.4) is 0 Å². The van der Waals surface area contributed by atoms with E-state index in [1.165, 1.54) is 18.3 Å². The van der Waals surface area contributed by atoms with Crippen molar-refractivity contribution >= 4 is 11.9 Å². The molecule has 0 bridgehead atoms. The number of hydrogen-bond donors (Lipinski definition) is 0. The molecule has 1 aromatic carbocycles. The van der Waals surface area contributed by atoms with Crippen LogP contribution in [0, 0.1) is 0 Å². The second-order valence-electron chi connectivity index (χ2n) is 4.82. The number of carbonyl (C=O) groups is 2. The van der Waals surface area contributed by atoms with Gasteiger partial charge in [-0.1, -0.05) is 30.3 Å². The maximum Gasteiger partial charge on any atom is 0.328 e. The molecule has 118 valence electrons. The van der Waals surface area contributed by atoms with E-state index in [1.807, 2.05) is 30.3 Å². The fourth-order valence-corrected chi connectivity index (χ4v) is 2.08. The van der Waals surface area contributed by atoms with Crippen LogP contribution in [0.2, 0.25) is 0 Å². The van der Waals surface area contributed by atoms with Crippen molar-refractivity contribution in [1.82, 2.24) is 4.90 Å². The summed E-state index contributed by atoms with van der Waals surface area (Å²) in [5.41, 5.74) is 0.906. The Morgan fingerprint density at radius 2 is 2.00 bits per heavy atom. The molecule has 1 unspecified atom stereocenters. The van der Waals surface area contributed by atoms with Gasteiger partial charge in [-0.15, -0.1) is 0 Å². The number of esters is 1. The normalized spacial score (nSPS) is 14.9. The minimum Gasteiger partial charge on any atom is -0.494 e. The summed E-state index contributed by atoms with van der Waals surface area (Å²) in [6.07, 6.45) is 1.29. The van der Waals surface area contributed by atoms with E-state index >= 15 is 0 Å². The van der Waals surface area contributed by atoms with Gasteiger partial charge in [0, 0.05) is 6.54 Å². The molecule has 1 atom stereocenters. The largest absolute Gasteiger partial charge is 0.494 e. The SMILES string of the molecule is COC(=O)C(C)N(Cc1ccccc1)C(=O)C1=COCCO1. The fraction of sp³-hybridized carbons (Fsp3) is 0.375. The zero-order chi connectivity index (χ0) is 15.9. The molecule has 0 N–H and O–H groups in total. The Morgan fingerprint density at radius 3 is 2.59 bits per heavy atom. The van der Waals surface area contributed by atoms with Crippen LogP contribution in [-0.2, 0) is 30.3 Å². The number of nitrogens with zero attached hydrogens (tertiary/aromatic N) is 1. The smallest absolute Gasteiger partial charge is 0.328 e. The predicted molar refractivity (Wildman–Crippen MR) is 78.5 cm³/mol. The van der Waals surface area contributed by atoms with Crippen molar-refractivity contribution in [2.24, 2.45) is 0 Å². The van der Waals surface area contributed by atoms with E-state index in [2.05, 4.69) is 0 Å². The lowest BCUT2D eigenvalue weighted by Gasteiger charge is -2.29. The maximum atomic E-state index is 12.6. The highest BCUT2D eigenvalue weighted by molar-refractivity contribution is 5.94. The van der Waals surface area contributed by atoms with Crippen LogP contribution in [0.25, 0.3) is 0 Å². The van der Waals surface area contributed by atoms with Gasteiger partial charge in [0.2, 0.25) is 5.76 Å². The highest BCUT2D eigenvalue weighted by Gasteiger charge is 2.30. The van der Waals surface area contributed by atoms with Crippen LogP contribution in [0.4, 0.5) is 0 Å². The summed E-state index contributed by atoms with van der Waals surface area (Å²) in [6, 6.07) is 8.68. The molecule has 0 aromatic heterocycles. The Labute approximate surface area is 129 Å². The highest BCUT2D eigenvalue weighted by atomic mass is 16.6. The van der Waals surface area contributed by atoms with Crippen LogP contribution in [0.15, 0.2) is 42.4 Å². The van der Waals surface area contributed by atoms with Gasteiger partial charge in [0.05, 0.1) is 7.11 Å². The summed E-state index contributed by atoms with van der Waals surface area (Å²) in [5.74, 6) is -0.791. The van der Waals surface area contributed by atoms with Gasteiger partial charge in [0.25, 0.3) is 5.91 Å². The highest BCUT2D eigenvalue weighted by Crippen LogP contribution is 2.16. The number of methoxy groups -OCH3 is 1. The summed E-state index contributed by atoms with van der Waals surface area (Å²) in [4.78, 5) is 25.8. The molecular formula is C16H19NO5. The molecule has 0 saturated carbocycles. The van der Waals surface area contributed by atoms with Crippen molar-refractivity contribution in [1.29, 1.82) is 0 Å². The molecule has 0 aliphatic carbocycles. The van der Waals surface area contributed by atoms with Crippen LogP contribution in [0.1, 0.15) is 12.5 Å². The van der Waals surface area contributed by atoms with Gasteiger partial charge < -0.3 is 19.1 Å². The molecular weight excluding hydrogens is 286 g/mol. The Bertz CT molecular complexity index is 555. The first-order valence-corrected chi connectivity index (χ1v) is 7.00. The first-order chi connectivity index (χ1) is 10.6. The summed E-state index contributed by atoms with van der Waals surface area (Å²) in [7, 11) is 1.30. The first kappa shape index (κ1) is 15.9. The number of amides is 1. The topological polar surface area (TPSA) is 65.1 Å². The van der Waals surface area contributed by atoms with Crippen molar-refractivity contribution in [3.05, 3.63) is 47.9 Å². The Hall–Kier alpha value is -2.50. The maximum absolute atomic E-state index is 12.6. The molecule has 1 heterocycles. The van der Waals surface area contributed by atoms with Gasteiger partial charge in [-0.3, -0.25) is 4.79 Å². The number of carbonyl (C=O) groups excluding carboxylic acids is 2. The lowest BCUT2D eigenvalue weighted by atomic mass is 10.1. The van der Waals surface area contributed by atoms with Gasteiger partial charge in [-0.2, -0.15) is 0 Å². The van der Waals surface area contributed by atoms with Gasteiger partial charge in [0.15, 0.2) is 0 Å². The van der Waals surface area contributed by atoms with Crippen LogP contribution in [0.5, 0.6) is 0 Å². The third-order valence-electron chi connectivity index (χ3n) is 3.33. The molecule has 1 amide bonds. The van der Waals surface area contributed by atoms with E-state index in [1.54, 1.807) is 6.92 Å². The second kappa shape index (κ2) is 7.49. The molecule has 2 rings (SSSR count). The van der Waals surface area contributed by atoms with E-state index in [0.717, 1.165) is 5.56 Å². The van der Waals surface area contributed by atoms with E-state index in [4.69, 9.17) is 14.2 Å². The van der Waals surface area contributed by atoms with E-state index < -0.39 is 17.9 Å². The quantitative estimate of drug-likeness (QED) is 0.771. The lowest BCUT2D eigenvalue weighted by Crippen LogP contribution is -2.44. The Morgan fingerprint density at radius 1 is 1.27 bits per heavy atom. The van der Waals surface area contributed by atoms with Gasteiger partial charge in [0.1, 0.15) is 25.5 Å². The molecule has 6 nitrogen and oxygen atoms in total. The molecule has 1 aliphatic rings.